The summed E-state index contributed by atoms with van der Waals surface area (Å²) >= 11 is 0. The molecule has 1 rings (SSSR count). The van der Waals surface area contributed by atoms with Crippen LogP contribution in [0.2, 0.25) is 0 Å². The zero-order valence-electron chi connectivity index (χ0n) is 25.3. The van der Waals surface area contributed by atoms with Gasteiger partial charge >= 0.3 is 6.09 Å². The molecule has 3 atom stereocenters. The average molecular weight is 547 g/mol. The molecule has 4 N–H and O–H groups in total. The normalized spacial score (nSPS) is 13.8. The van der Waals surface area contributed by atoms with E-state index >= 15 is 0 Å². The number of unbranched alkanes of at least 4 members (excludes halogenated alkanes) is 1. The van der Waals surface area contributed by atoms with Crippen LogP contribution in [0.3, 0.4) is 0 Å². The van der Waals surface area contributed by atoms with Gasteiger partial charge in [-0.15, -0.1) is 0 Å². The van der Waals surface area contributed by atoms with Crippen molar-refractivity contribution in [3.63, 3.8) is 0 Å². The first-order chi connectivity index (χ1) is 18.1. The molecule has 4 amide bonds. The molecule has 0 heterocycles. The second-order valence-electron chi connectivity index (χ2n) is 11.8. The van der Waals surface area contributed by atoms with E-state index in [0.29, 0.717) is 24.4 Å². The minimum atomic E-state index is -1.30. The Morgan fingerprint density at radius 1 is 1.03 bits per heavy atom. The van der Waals surface area contributed by atoms with Crippen LogP contribution in [0.5, 0.6) is 0 Å². The molecule has 0 saturated heterocycles. The van der Waals surface area contributed by atoms with Crippen LogP contribution in [0.15, 0.2) is 18.2 Å². The zero-order chi connectivity index (χ0) is 29.9. The van der Waals surface area contributed by atoms with E-state index in [9.17, 15) is 19.2 Å². The van der Waals surface area contributed by atoms with Crippen molar-refractivity contribution >= 4 is 23.8 Å². The highest BCUT2D eigenvalue weighted by Gasteiger charge is 2.39. The second kappa shape index (κ2) is 15.5. The lowest BCUT2D eigenvalue weighted by Crippen LogP contribution is -2.56. The molecule has 9 nitrogen and oxygen atoms in total. The number of carbonyl (C=O) groups is 4. The largest absolute Gasteiger partial charge is 0.444 e. The molecule has 9 heteroatoms. The molecule has 0 bridgehead atoms. The van der Waals surface area contributed by atoms with Crippen molar-refractivity contribution in [3.05, 3.63) is 34.9 Å². The highest BCUT2D eigenvalue weighted by Crippen LogP contribution is 2.29. The van der Waals surface area contributed by atoms with Crippen molar-refractivity contribution in [2.45, 2.75) is 118 Å². The number of benzene rings is 1. The van der Waals surface area contributed by atoms with Gasteiger partial charge in [0.25, 0.3) is 0 Å². The fourth-order valence-corrected chi connectivity index (χ4v) is 4.20. The van der Waals surface area contributed by atoms with Gasteiger partial charge in [-0.3, -0.25) is 14.4 Å². The third-order valence-corrected chi connectivity index (χ3v) is 6.49. The summed E-state index contributed by atoms with van der Waals surface area (Å²) in [4.78, 5) is 54.2. The van der Waals surface area contributed by atoms with Gasteiger partial charge in [-0.25, -0.2) is 4.79 Å². The molecule has 1 aromatic rings. The molecular formula is C30H50N4O5. The molecule has 0 aromatic heterocycles. The van der Waals surface area contributed by atoms with E-state index < -0.39 is 42.0 Å². The second-order valence-corrected chi connectivity index (χ2v) is 11.8. The van der Waals surface area contributed by atoms with Gasteiger partial charge in [0.2, 0.25) is 17.7 Å². The summed E-state index contributed by atoms with van der Waals surface area (Å²) in [6.45, 7) is 17.6. The summed E-state index contributed by atoms with van der Waals surface area (Å²) in [7, 11) is 0. The number of ether oxygens (including phenoxy) is 1. The Bertz CT molecular complexity index is 986. The van der Waals surface area contributed by atoms with E-state index in [4.69, 9.17) is 10.5 Å². The van der Waals surface area contributed by atoms with Crippen LogP contribution in [0.1, 0.15) is 103 Å². The summed E-state index contributed by atoms with van der Waals surface area (Å²) in [6.07, 6.45) is 1.88. The number of nitrogens with two attached hydrogens (primary N) is 1. The molecule has 0 aliphatic heterocycles. The van der Waals surface area contributed by atoms with E-state index in [0.717, 1.165) is 30.4 Å². The first kappa shape index (κ1) is 33.9. The predicted octanol–water partition coefficient (Wildman–Crippen LogP) is 4.68. The summed E-state index contributed by atoms with van der Waals surface area (Å²) in [5, 5.41) is 5.52. The molecule has 39 heavy (non-hydrogen) atoms. The van der Waals surface area contributed by atoms with Gasteiger partial charge in [0.15, 0.2) is 0 Å². The van der Waals surface area contributed by atoms with E-state index in [1.807, 2.05) is 45.9 Å². The molecular weight excluding hydrogens is 496 g/mol. The lowest BCUT2D eigenvalue weighted by atomic mass is 9.95. The Morgan fingerprint density at radius 3 is 2.18 bits per heavy atom. The quantitative estimate of drug-likeness (QED) is 0.292. The van der Waals surface area contributed by atoms with E-state index in [1.54, 1.807) is 20.8 Å². The molecule has 0 fully saturated rings. The molecule has 0 radical (unpaired) electrons. The average Bonchev–Trinajstić information content (AvgIpc) is 2.80. The number of rotatable bonds is 14. The summed E-state index contributed by atoms with van der Waals surface area (Å²) in [6, 6.07) is 3.06. The number of nitrogens with one attached hydrogen (secondary N) is 2. The van der Waals surface area contributed by atoms with Crippen LogP contribution < -0.4 is 16.4 Å². The number of aryl methyl sites for hydroxylation is 2. The fraction of sp³-hybridized carbons (Fsp3) is 0.667. The lowest BCUT2D eigenvalue weighted by molar-refractivity contribution is -0.146. The molecule has 0 spiro atoms. The first-order valence-corrected chi connectivity index (χ1v) is 14.0. The zero-order valence-corrected chi connectivity index (χ0v) is 25.3. The van der Waals surface area contributed by atoms with Gasteiger partial charge in [0.1, 0.15) is 17.7 Å². The number of primary amides is 1. The Balaban J connectivity index is 3.65. The summed E-state index contributed by atoms with van der Waals surface area (Å²) < 4.78 is 5.35. The molecule has 1 aromatic carbocycles. The van der Waals surface area contributed by atoms with Crippen LogP contribution in [0.4, 0.5) is 4.79 Å². The van der Waals surface area contributed by atoms with Gasteiger partial charge in [0, 0.05) is 12.6 Å². The van der Waals surface area contributed by atoms with E-state index in [2.05, 4.69) is 24.5 Å². The van der Waals surface area contributed by atoms with E-state index in [-0.39, 0.29) is 11.9 Å². The fourth-order valence-electron chi connectivity index (χ4n) is 4.20. The van der Waals surface area contributed by atoms with Crippen LogP contribution in [0, 0.1) is 19.8 Å². The van der Waals surface area contributed by atoms with Crippen molar-refractivity contribution in [1.82, 2.24) is 15.5 Å². The van der Waals surface area contributed by atoms with Crippen molar-refractivity contribution in [2.24, 2.45) is 11.7 Å². The Labute approximate surface area is 234 Å². The first-order valence-electron chi connectivity index (χ1n) is 14.0. The maximum atomic E-state index is 14.2. The maximum Gasteiger partial charge on any atom is 0.408 e. The molecule has 0 aliphatic carbocycles. The van der Waals surface area contributed by atoms with Gasteiger partial charge in [-0.2, -0.15) is 0 Å². The minimum absolute atomic E-state index is 0.313. The van der Waals surface area contributed by atoms with Crippen LogP contribution in [-0.4, -0.2) is 52.9 Å². The number of nitrogens with zero attached hydrogens (tertiary/aromatic N) is 1. The number of alkyl carbamates (subject to hydrolysis) is 1. The number of carbonyl (C=O) groups excluding carboxylic acids is 4. The number of hydrogen-bond acceptors (Lipinski definition) is 5. The Hall–Kier alpha value is -3.10. The molecule has 3 unspecified atom stereocenters. The smallest absolute Gasteiger partial charge is 0.408 e. The van der Waals surface area contributed by atoms with Gasteiger partial charge in [-0.05, 0) is 83.4 Å². The third-order valence-electron chi connectivity index (χ3n) is 6.49. The van der Waals surface area contributed by atoms with E-state index in [1.165, 1.54) is 4.90 Å². The van der Waals surface area contributed by atoms with Gasteiger partial charge < -0.3 is 26.0 Å². The highest BCUT2D eigenvalue weighted by atomic mass is 16.6. The maximum absolute atomic E-state index is 14.2. The molecule has 0 aliphatic rings. The standard InChI is InChI=1S/C30H50N4O5/c1-10-11-16-32-27(36)26(23-15-13-20(4)21(5)17-23)34(22(6)14-12-19(2)3)28(37)24(18-25(31)35)33-29(38)39-30(7,8)9/h13,15,17,19,22,24,26H,10-12,14,16,18H2,1-9H3,(H2,31,35)(H,32,36)(H,33,38). The molecule has 0 saturated carbocycles. The predicted molar refractivity (Wildman–Crippen MR) is 154 cm³/mol. The van der Waals surface area contributed by atoms with Crippen molar-refractivity contribution in [1.29, 1.82) is 0 Å². The summed E-state index contributed by atoms with van der Waals surface area (Å²) in [5.41, 5.74) is 7.39. The third kappa shape index (κ3) is 11.7. The van der Waals surface area contributed by atoms with Gasteiger partial charge in [0.05, 0.1) is 6.42 Å². The monoisotopic (exact) mass is 546 g/mol. The van der Waals surface area contributed by atoms with Crippen molar-refractivity contribution in [2.75, 3.05) is 6.54 Å². The number of hydrogen-bond donors (Lipinski definition) is 3. The van der Waals surface area contributed by atoms with Gasteiger partial charge in [-0.1, -0.05) is 45.4 Å². The van der Waals surface area contributed by atoms with Crippen LogP contribution in [0.25, 0.3) is 0 Å². The lowest BCUT2D eigenvalue weighted by Gasteiger charge is -2.39. The minimum Gasteiger partial charge on any atom is -0.444 e. The topological polar surface area (TPSA) is 131 Å². The SMILES string of the molecule is CCCCNC(=O)C(c1ccc(C)c(C)c1)N(C(=O)C(CC(N)=O)NC(=O)OC(C)(C)C)C(C)CCC(C)C. The number of amides is 4. The summed E-state index contributed by atoms with van der Waals surface area (Å²) in [5.74, 6) is -1.25. The van der Waals surface area contributed by atoms with Crippen molar-refractivity contribution in [3.8, 4) is 0 Å². The Kier molecular flexibility index (Phi) is 13.5. The molecule has 220 valence electrons. The van der Waals surface area contributed by atoms with Crippen LogP contribution in [-0.2, 0) is 19.1 Å². The Morgan fingerprint density at radius 2 is 1.67 bits per heavy atom. The van der Waals surface area contributed by atoms with Crippen molar-refractivity contribution < 1.29 is 23.9 Å². The van der Waals surface area contributed by atoms with Crippen LogP contribution >= 0.6 is 0 Å². The highest BCUT2D eigenvalue weighted by molar-refractivity contribution is 5.94.